The van der Waals surface area contributed by atoms with Crippen LogP contribution in [0.2, 0.25) is 0 Å². The number of rotatable bonds is 6. The van der Waals surface area contributed by atoms with Crippen LogP contribution >= 0.6 is 15.9 Å². The van der Waals surface area contributed by atoms with Crippen molar-refractivity contribution in [2.75, 3.05) is 39.2 Å². The van der Waals surface area contributed by atoms with Gasteiger partial charge in [-0.3, -0.25) is 4.79 Å². The molecular weight excluding hydrogens is 492 g/mol. The van der Waals surface area contributed by atoms with Crippen LogP contribution in [0.3, 0.4) is 0 Å². The van der Waals surface area contributed by atoms with Crippen molar-refractivity contribution in [3.63, 3.8) is 0 Å². The highest BCUT2D eigenvalue weighted by Gasteiger charge is 2.34. The Morgan fingerprint density at radius 2 is 2.21 bits per heavy atom. The number of fused-ring (bicyclic) bond motifs is 1. The summed E-state index contributed by atoms with van der Waals surface area (Å²) in [5, 5.41) is 12.5. The van der Waals surface area contributed by atoms with Crippen molar-refractivity contribution >= 4 is 33.6 Å². The van der Waals surface area contributed by atoms with E-state index >= 15 is 0 Å². The SMILES string of the molecule is COc1cccc(NC(=O)N(C)C[C@@H]2Oc3ncc(Br)cc3C(=O)N([C@@H](C)CO)C[C@H]2C)c1. The molecule has 33 heavy (non-hydrogen) atoms. The molecule has 0 saturated carbocycles. The number of halogens is 1. The van der Waals surface area contributed by atoms with Gasteiger partial charge in [-0.1, -0.05) is 13.0 Å². The maximum atomic E-state index is 13.2. The molecule has 2 N–H and O–H groups in total. The molecular formula is C23H29BrN4O5. The van der Waals surface area contributed by atoms with Crippen molar-refractivity contribution in [3.8, 4) is 11.6 Å². The van der Waals surface area contributed by atoms with Crippen LogP contribution in [-0.4, -0.2) is 77.8 Å². The van der Waals surface area contributed by atoms with Crippen molar-refractivity contribution < 1.29 is 24.2 Å². The zero-order chi connectivity index (χ0) is 24.1. The van der Waals surface area contributed by atoms with E-state index in [1.807, 2.05) is 6.92 Å². The van der Waals surface area contributed by atoms with Crippen molar-refractivity contribution in [2.45, 2.75) is 26.0 Å². The Balaban J connectivity index is 1.81. The van der Waals surface area contributed by atoms with Crippen LogP contribution in [-0.2, 0) is 0 Å². The fourth-order valence-corrected chi connectivity index (χ4v) is 3.90. The number of aliphatic hydroxyl groups is 1. The number of aromatic nitrogens is 1. The Morgan fingerprint density at radius 1 is 1.45 bits per heavy atom. The normalized spacial score (nSPS) is 19.0. The summed E-state index contributed by atoms with van der Waals surface area (Å²) in [5.74, 6) is 0.462. The molecule has 3 atom stereocenters. The van der Waals surface area contributed by atoms with Crippen LogP contribution in [0.1, 0.15) is 24.2 Å². The number of carbonyl (C=O) groups excluding carboxylic acids is 2. The maximum Gasteiger partial charge on any atom is 0.321 e. The minimum absolute atomic E-state index is 0.131. The Morgan fingerprint density at radius 3 is 2.91 bits per heavy atom. The van der Waals surface area contributed by atoms with Gasteiger partial charge in [-0.05, 0) is 41.1 Å². The minimum atomic E-state index is -0.431. The van der Waals surface area contributed by atoms with Crippen LogP contribution in [0.15, 0.2) is 41.0 Å². The van der Waals surface area contributed by atoms with Gasteiger partial charge in [0, 0.05) is 41.9 Å². The Hall–Kier alpha value is -2.85. The van der Waals surface area contributed by atoms with Crippen LogP contribution in [0.4, 0.5) is 10.5 Å². The molecule has 3 amide bonds. The lowest BCUT2D eigenvalue weighted by Crippen LogP contribution is -2.50. The van der Waals surface area contributed by atoms with Gasteiger partial charge in [-0.2, -0.15) is 0 Å². The van der Waals surface area contributed by atoms with E-state index in [1.165, 1.54) is 4.90 Å². The number of hydrogen-bond donors (Lipinski definition) is 2. The van der Waals surface area contributed by atoms with E-state index in [4.69, 9.17) is 9.47 Å². The Bertz CT molecular complexity index is 1000. The smallest absolute Gasteiger partial charge is 0.321 e. The van der Waals surface area contributed by atoms with Gasteiger partial charge in [-0.25, -0.2) is 9.78 Å². The molecule has 0 radical (unpaired) electrons. The van der Waals surface area contributed by atoms with E-state index in [1.54, 1.807) is 62.5 Å². The first-order valence-electron chi connectivity index (χ1n) is 10.6. The lowest BCUT2D eigenvalue weighted by Gasteiger charge is -2.37. The fraction of sp³-hybridized carbons (Fsp3) is 0.435. The van der Waals surface area contributed by atoms with E-state index < -0.39 is 6.10 Å². The molecule has 3 rings (SSSR count). The van der Waals surface area contributed by atoms with Crippen molar-refractivity contribution in [3.05, 3.63) is 46.6 Å². The Labute approximate surface area is 201 Å². The van der Waals surface area contributed by atoms with Gasteiger partial charge >= 0.3 is 6.03 Å². The highest BCUT2D eigenvalue weighted by Crippen LogP contribution is 2.28. The predicted molar refractivity (Wildman–Crippen MR) is 128 cm³/mol. The highest BCUT2D eigenvalue weighted by molar-refractivity contribution is 9.10. The summed E-state index contributed by atoms with van der Waals surface area (Å²) in [6.45, 7) is 4.21. The third-order valence-corrected chi connectivity index (χ3v) is 6.04. The van der Waals surface area contributed by atoms with Crippen molar-refractivity contribution in [2.24, 2.45) is 5.92 Å². The van der Waals surface area contributed by atoms with Crippen molar-refractivity contribution in [1.82, 2.24) is 14.8 Å². The third-order valence-electron chi connectivity index (χ3n) is 5.61. The molecule has 9 nitrogen and oxygen atoms in total. The summed E-state index contributed by atoms with van der Waals surface area (Å²) in [6.07, 6.45) is 1.13. The summed E-state index contributed by atoms with van der Waals surface area (Å²) in [4.78, 5) is 33.4. The number of nitrogens with zero attached hydrogens (tertiary/aromatic N) is 3. The molecule has 2 aromatic rings. The van der Waals surface area contributed by atoms with Crippen molar-refractivity contribution in [1.29, 1.82) is 0 Å². The fourth-order valence-electron chi connectivity index (χ4n) is 3.57. The van der Waals surface area contributed by atoms with Gasteiger partial charge in [0.1, 0.15) is 17.4 Å². The highest BCUT2D eigenvalue weighted by atomic mass is 79.9. The molecule has 10 heteroatoms. The summed E-state index contributed by atoms with van der Waals surface area (Å²) < 4.78 is 12.0. The van der Waals surface area contributed by atoms with Crippen LogP contribution < -0.4 is 14.8 Å². The quantitative estimate of drug-likeness (QED) is 0.605. The summed E-state index contributed by atoms with van der Waals surface area (Å²) in [6, 6.07) is 8.09. The van der Waals surface area contributed by atoms with Crippen LogP contribution in [0.5, 0.6) is 11.6 Å². The average molecular weight is 521 g/mol. The van der Waals surface area contributed by atoms with Gasteiger partial charge in [0.05, 0.1) is 26.3 Å². The molecule has 1 aromatic heterocycles. The molecule has 1 aliphatic rings. The van der Waals surface area contributed by atoms with Gasteiger partial charge in [-0.15, -0.1) is 0 Å². The van der Waals surface area contributed by atoms with E-state index in [-0.39, 0.29) is 42.9 Å². The number of anilines is 1. The van der Waals surface area contributed by atoms with E-state index in [0.29, 0.717) is 28.0 Å². The molecule has 178 valence electrons. The first-order valence-corrected chi connectivity index (χ1v) is 11.4. The standard InChI is InChI=1S/C23H29BrN4O5/c1-14-11-28(15(2)13-29)22(30)19-8-16(24)10-25-21(19)33-20(14)12-27(3)23(31)26-17-6-5-7-18(9-17)32-4/h5-10,14-15,20,29H,11-13H2,1-4H3,(H,26,31)/t14-,15+,20+/m1/s1. The summed E-state index contributed by atoms with van der Waals surface area (Å²) in [7, 11) is 3.25. The molecule has 0 saturated heterocycles. The number of aliphatic hydroxyl groups excluding tert-OH is 1. The van der Waals surface area contributed by atoms with Gasteiger partial charge in [0.25, 0.3) is 5.91 Å². The average Bonchev–Trinajstić information content (AvgIpc) is 2.81. The van der Waals surface area contributed by atoms with Crippen LogP contribution in [0.25, 0.3) is 0 Å². The molecule has 0 unspecified atom stereocenters. The lowest BCUT2D eigenvalue weighted by molar-refractivity contribution is 0.0356. The van der Waals surface area contributed by atoms with Gasteiger partial charge in [0.2, 0.25) is 5.88 Å². The Kier molecular flexibility index (Phi) is 8.15. The monoisotopic (exact) mass is 520 g/mol. The molecule has 1 aliphatic heterocycles. The van der Waals surface area contributed by atoms with E-state index in [2.05, 4.69) is 26.2 Å². The first kappa shape index (κ1) is 24.8. The second-order valence-corrected chi connectivity index (χ2v) is 9.09. The summed E-state index contributed by atoms with van der Waals surface area (Å²) in [5.41, 5.74) is 0.924. The van der Waals surface area contributed by atoms with Gasteiger partial charge in [0.15, 0.2) is 0 Å². The number of methoxy groups -OCH3 is 1. The molecule has 0 aliphatic carbocycles. The minimum Gasteiger partial charge on any atom is -0.497 e. The number of urea groups is 1. The maximum absolute atomic E-state index is 13.2. The topological polar surface area (TPSA) is 104 Å². The molecule has 1 aromatic carbocycles. The second-order valence-electron chi connectivity index (χ2n) is 8.17. The number of amides is 3. The molecule has 0 fully saturated rings. The lowest BCUT2D eigenvalue weighted by atomic mass is 10.0. The number of ether oxygens (including phenoxy) is 2. The van der Waals surface area contributed by atoms with E-state index in [0.717, 1.165) is 0 Å². The number of pyridine rings is 1. The third kappa shape index (κ3) is 5.94. The molecule has 2 heterocycles. The zero-order valence-corrected chi connectivity index (χ0v) is 20.7. The second kappa shape index (κ2) is 10.8. The van der Waals surface area contributed by atoms with Crippen LogP contribution in [0, 0.1) is 5.92 Å². The molecule has 0 bridgehead atoms. The predicted octanol–water partition coefficient (Wildman–Crippen LogP) is 3.24. The molecule has 0 spiro atoms. The number of carbonyl (C=O) groups is 2. The summed E-state index contributed by atoms with van der Waals surface area (Å²) >= 11 is 3.36. The first-order chi connectivity index (χ1) is 15.7. The number of likely N-dealkylation sites (N-methyl/N-ethyl adjacent to an activating group) is 1. The van der Waals surface area contributed by atoms with E-state index in [9.17, 15) is 14.7 Å². The zero-order valence-electron chi connectivity index (χ0n) is 19.1. The number of hydrogen-bond acceptors (Lipinski definition) is 6. The van der Waals surface area contributed by atoms with Gasteiger partial charge < -0.3 is 29.7 Å². The number of nitrogens with one attached hydrogen (secondary N) is 1. The number of benzene rings is 1. The largest absolute Gasteiger partial charge is 0.497 e.